The van der Waals surface area contributed by atoms with Crippen molar-refractivity contribution in [3.63, 3.8) is 0 Å². The zero-order chi connectivity index (χ0) is 19.4. The lowest BCUT2D eigenvalue weighted by atomic mass is 10.0. The van der Waals surface area contributed by atoms with Crippen molar-refractivity contribution in [3.8, 4) is 0 Å². The fraction of sp³-hybridized carbons (Fsp3) is 0.333. The molecule has 0 saturated heterocycles. The molecule has 0 bridgehead atoms. The van der Waals surface area contributed by atoms with E-state index >= 15 is 0 Å². The molecule has 0 aliphatic heterocycles. The van der Waals surface area contributed by atoms with E-state index in [0.29, 0.717) is 5.56 Å². The molecule has 0 N–H and O–H groups in total. The number of alkyl halides is 1. The molecular formula is C21H26ClNO3. The van der Waals surface area contributed by atoms with E-state index in [4.69, 9.17) is 11.6 Å². The maximum absolute atomic E-state index is 12.1. The zero-order valence-electron chi connectivity index (χ0n) is 15.5. The number of likely N-dealkylation sites (N-methyl/N-ethyl adjacent to an activating group) is 1. The standard InChI is InChI=1S/C13H19NO.C8H7ClO2/c1-4-14(5-2)11(3)13(15)12-9-7-6-8-10-12;9-6-11-8(10)7-4-2-1-3-5-7/h6-11H,4-5H2,1-3H3;1-5H,6H2. The van der Waals surface area contributed by atoms with Crippen molar-refractivity contribution in [3.05, 3.63) is 71.8 Å². The number of ketones is 1. The van der Waals surface area contributed by atoms with Crippen LogP contribution in [0, 0.1) is 0 Å². The molecule has 5 heteroatoms. The van der Waals surface area contributed by atoms with Crippen molar-refractivity contribution in [1.29, 1.82) is 0 Å². The SMILES string of the molecule is CCN(CC)C(C)C(=O)c1ccccc1.O=C(OCCl)c1ccccc1. The van der Waals surface area contributed by atoms with Crippen molar-refractivity contribution in [1.82, 2.24) is 4.90 Å². The predicted octanol–water partition coefficient (Wildman–Crippen LogP) is 4.64. The molecule has 2 aromatic rings. The molecule has 0 amide bonds. The highest BCUT2D eigenvalue weighted by Crippen LogP contribution is 2.08. The minimum Gasteiger partial charge on any atom is -0.446 e. The predicted molar refractivity (Wildman–Crippen MR) is 106 cm³/mol. The number of carbonyl (C=O) groups is 2. The summed E-state index contributed by atoms with van der Waals surface area (Å²) in [5, 5.41) is 0. The molecule has 0 spiro atoms. The van der Waals surface area contributed by atoms with Crippen molar-refractivity contribution in [2.75, 3.05) is 19.2 Å². The molecule has 4 nitrogen and oxygen atoms in total. The maximum Gasteiger partial charge on any atom is 0.339 e. The number of benzene rings is 2. The lowest BCUT2D eigenvalue weighted by Gasteiger charge is -2.25. The van der Waals surface area contributed by atoms with Crippen LogP contribution < -0.4 is 0 Å². The second-order valence-electron chi connectivity index (χ2n) is 5.53. The van der Waals surface area contributed by atoms with Gasteiger partial charge >= 0.3 is 5.97 Å². The third-order valence-corrected chi connectivity index (χ3v) is 4.10. The van der Waals surface area contributed by atoms with Crippen LogP contribution in [0.5, 0.6) is 0 Å². The summed E-state index contributed by atoms with van der Waals surface area (Å²) in [6.45, 7) is 7.96. The van der Waals surface area contributed by atoms with Crippen LogP contribution >= 0.6 is 11.6 Å². The number of carbonyl (C=O) groups excluding carboxylic acids is 2. The van der Waals surface area contributed by atoms with Crippen molar-refractivity contribution in [2.45, 2.75) is 26.8 Å². The molecule has 2 aromatic carbocycles. The quantitative estimate of drug-likeness (QED) is 0.402. The number of nitrogens with zero attached hydrogens (tertiary/aromatic N) is 1. The lowest BCUT2D eigenvalue weighted by Crippen LogP contribution is -2.38. The summed E-state index contributed by atoms with van der Waals surface area (Å²) in [5.74, 6) is -0.181. The average Bonchev–Trinajstić information content (AvgIpc) is 2.70. The number of hydrogen-bond donors (Lipinski definition) is 0. The highest BCUT2D eigenvalue weighted by atomic mass is 35.5. The van der Waals surface area contributed by atoms with Crippen molar-refractivity contribution >= 4 is 23.4 Å². The van der Waals surface area contributed by atoms with Gasteiger partial charge in [0.05, 0.1) is 11.6 Å². The Kier molecular flexibility index (Phi) is 10.3. The van der Waals surface area contributed by atoms with Gasteiger partial charge in [-0.05, 0) is 32.1 Å². The van der Waals surface area contributed by atoms with Crippen LogP contribution in [0.2, 0.25) is 0 Å². The Hall–Kier alpha value is -2.17. The largest absolute Gasteiger partial charge is 0.446 e. The van der Waals surface area contributed by atoms with Gasteiger partial charge in [-0.3, -0.25) is 9.69 Å². The first-order chi connectivity index (χ1) is 12.5. The summed E-state index contributed by atoms with van der Waals surface area (Å²) >= 11 is 5.20. The topological polar surface area (TPSA) is 46.6 Å². The lowest BCUT2D eigenvalue weighted by molar-refractivity contribution is 0.0574. The number of Topliss-reactive ketones (excluding diaryl/α,β-unsaturated/α-hetero) is 1. The minimum absolute atomic E-state index is 0.0256. The first-order valence-electron chi connectivity index (χ1n) is 8.66. The Morgan fingerprint density at radius 1 is 0.923 bits per heavy atom. The van der Waals surface area contributed by atoms with Crippen LogP contribution in [-0.2, 0) is 4.74 Å². The molecule has 140 valence electrons. The van der Waals surface area contributed by atoms with E-state index < -0.39 is 0 Å². The van der Waals surface area contributed by atoms with Crippen LogP contribution in [0.3, 0.4) is 0 Å². The number of halogens is 1. The van der Waals surface area contributed by atoms with Gasteiger partial charge in [0.15, 0.2) is 11.8 Å². The first-order valence-corrected chi connectivity index (χ1v) is 9.20. The molecule has 0 fully saturated rings. The summed E-state index contributed by atoms with van der Waals surface area (Å²) in [6.07, 6.45) is 0. The average molecular weight is 376 g/mol. The molecule has 0 aliphatic carbocycles. The Balaban J connectivity index is 0.000000273. The van der Waals surface area contributed by atoms with E-state index in [0.717, 1.165) is 18.7 Å². The fourth-order valence-corrected chi connectivity index (χ4v) is 2.59. The van der Waals surface area contributed by atoms with E-state index in [1.807, 2.05) is 43.3 Å². The molecule has 1 atom stereocenters. The number of rotatable bonds is 7. The van der Waals surface area contributed by atoms with Crippen LogP contribution in [0.15, 0.2) is 60.7 Å². The van der Waals surface area contributed by atoms with E-state index in [-0.39, 0.29) is 23.9 Å². The fourth-order valence-electron chi connectivity index (χ4n) is 2.49. The molecule has 2 rings (SSSR count). The number of hydrogen-bond acceptors (Lipinski definition) is 4. The second-order valence-corrected chi connectivity index (χ2v) is 5.75. The van der Waals surface area contributed by atoms with E-state index in [9.17, 15) is 9.59 Å². The minimum atomic E-state index is -0.388. The van der Waals surface area contributed by atoms with Gasteiger partial charge in [0.2, 0.25) is 0 Å². The van der Waals surface area contributed by atoms with Crippen molar-refractivity contribution < 1.29 is 14.3 Å². The second kappa shape index (κ2) is 12.2. The van der Waals surface area contributed by atoms with E-state index in [1.165, 1.54) is 0 Å². The first kappa shape index (κ1) is 21.9. The smallest absolute Gasteiger partial charge is 0.339 e. The Bertz CT molecular complexity index is 657. The molecule has 0 heterocycles. The summed E-state index contributed by atoms with van der Waals surface area (Å²) in [5.41, 5.74) is 1.32. The number of ether oxygens (including phenoxy) is 1. The van der Waals surface area contributed by atoms with Crippen LogP contribution in [0.1, 0.15) is 41.5 Å². The molecular weight excluding hydrogens is 350 g/mol. The molecule has 26 heavy (non-hydrogen) atoms. The van der Waals surface area contributed by atoms with Gasteiger partial charge in [-0.25, -0.2) is 4.79 Å². The van der Waals surface area contributed by atoms with Gasteiger partial charge in [-0.15, -0.1) is 0 Å². The third-order valence-electron chi connectivity index (χ3n) is 3.99. The van der Waals surface area contributed by atoms with E-state index in [2.05, 4.69) is 23.5 Å². The van der Waals surface area contributed by atoms with Crippen LogP contribution in [-0.4, -0.2) is 41.8 Å². The highest BCUT2D eigenvalue weighted by Gasteiger charge is 2.19. The summed E-state index contributed by atoms with van der Waals surface area (Å²) < 4.78 is 4.55. The Labute approximate surface area is 160 Å². The molecule has 0 saturated carbocycles. The van der Waals surface area contributed by atoms with Crippen LogP contribution in [0.4, 0.5) is 0 Å². The highest BCUT2D eigenvalue weighted by molar-refractivity contribution is 6.17. The van der Waals surface area contributed by atoms with Gasteiger partial charge in [-0.1, -0.05) is 74.0 Å². The van der Waals surface area contributed by atoms with Gasteiger partial charge in [0.25, 0.3) is 0 Å². The normalized spacial score (nSPS) is 11.3. The maximum atomic E-state index is 12.1. The van der Waals surface area contributed by atoms with Gasteiger partial charge in [-0.2, -0.15) is 0 Å². The van der Waals surface area contributed by atoms with Crippen LogP contribution in [0.25, 0.3) is 0 Å². The molecule has 0 aliphatic rings. The summed E-state index contributed by atoms with van der Waals surface area (Å²) in [6, 6.07) is 18.1. The number of esters is 1. The van der Waals surface area contributed by atoms with Crippen molar-refractivity contribution in [2.24, 2.45) is 0 Å². The molecule has 0 radical (unpaired) electrons. The van der Waals surface area contributed by atoms with E-state index in [1.54, 1.807) is 24.3 Å². The Morgan fingerprint density at radius 2 is 1.38 bits per heavy atom. The monoisotopic (exact) mass is 375 g/mol. The summed E-state index contributed by atoms with van der Waals surface area (Å²) in [7, 11) is 0. The third kappa shape index (κ3) is 6.98. The Morgan fingerprint density at radius 3 is 1.81 bits per heavy atom. The molecule has 1 unspecified atom stereocenters. The van der Waals surface area contributed by atoms with Gasteiger partial charge in [0.1, 0.15) is 0 Å². The summed E-state index contributed by atoms with van der Waals surface area (Å²) in [4.78, 5) is 25.2. The molecule has 0 aromatic heterocycles. The van der Waals surface area contributed by atoms with Gasteiger partial charge < -0.3 is 4.74 Å². The zero-order valence-corrected chi connectivity index (χ0v) is 16.3. The van der Waals surface area contributed by atoms with Gasteiger partial charge in [0, 0.05) is 5.56 Å².